The molecule has 108 valence electrons. The van der Waals surface area contributed by atoms with Crippen molar-refractivity contribution in [3.8, 4) is 0 Å². The first-order chi connectivity index (χ1) is 9.79. The molecule has 2 N–H and O–H groups in total. The van der Waals surface area contributed by atoms with Crippen molar-refractivity contribution in [2.75, 3.05) is 36.9 Å². The number of fused-ring (bicyclic) bond motifs is 1. The predicted molar refractivity (Wildman–Crippen MR) is 75.5 cm³/mol. The first-order valence-corrected chi connectivity index (χ1v) is 7.64. The van der Waals surface area contributed by atoms with Gasteiger partial charge in [0.2, 0.25) is 11.9 Å². The quantitative estimate of drug-likeness (QED) is 0.873. The van der Waals surface area contributed by atoms with Gasteiger partial charge < -0.3 is 15.4 Å². The second-order valence-electron chi connectivity index (χ2n) is 6.30. The molecule has 3 fully saturated rings. The van der Waals surface area contributed by atoms with Crippen molar-refractivity contribution < 1.29 is 4.74 Å². The van der Waals surface area contributed by atoms with Crippen LogP contribution >= 0.6 is 0 Å². The Hall–Kier alpha value is -1.43. The SMILES string of the molecule is Nc1nc(C2CCCC2)nc(N2C[C@H]3COC[C@H]3C2)n1. The van der Waals surface area contributed by atoms with Crippen molar-refractivity contribution >= 4 is 11.9 Å². The van der Waals surface area contributed by atoms with Crippen LogP contribution in [0.15, 0.2) is 0 Å². The molecule has 20 heavy (non-hydrogen) atoms. The summed E-state index contributed by atoms with van der Waals surface area (Å²) in [6, 6.07) is 0. The summed E-state index contributed by atoms with van der Waals surface area (Å²) in [6.07, 6.45) is 4.91. The van der Waals surface area contributed by atoms with Crippen molar-refractivity contribution in [3.63, 3.8) is 0 Å². The van der Waals surface area contributed by atoms with Gasteiger partial charge in [-0.15, -0.1) is 0 Å². The fourth-order valence-electron chi connectivity index (χ4n) is 3.76. The largest absolute Gasteiger partial charge is 0.381 e. The first kappa shape index (κ1) is 12.3. The van der Waals surface area contributed by atoms with Gasteiger partial charge in [0.25, 0.3) is 0 Å². The summed E-state index contributed by atoms with van der Waals surface area (Å²) < 4.78 is 5.52. The minimum Gasteiger partial charge on any atom is -0.381 e. The van der Waals surface area contributed by atoms with E-state index in [1.165, 1.54) is 25.7 Å². The van der Waals surface area contributed by atoms with Crippen molar-refractivity contribution in [3.05, 3.63) is 5.82 Å². The standard InChI is InChI=1S/C14H21N5O/c15-13-16-12(9-3-1-2-4-9)17-14(18-13)19-5-10-7-20-8-11(10)6-19/h9-11H,1-8H2,(H2,15,16,17,18)/t10-,11+. The minimum absolute atomic E-state index is 0.366. The fraction of sp³-hybridized carbons (Fsp3) is 0.786. The van der Waals surface area contributed by atoms with Gasteiger partial charge in [-0.25, -0.2) is 0 Å². The lowest BCUT2D eigenvalue weighted by Crippen LogP contribution is -2.25. The van der Waals surface area contributed by atoms with Crippen LogP contribution in [0.4, 0.5) is 11.9 Å². The number of rotatable bonds is 2. The summed E-state index contributed by atoms with van der Waals surface area (Å²) in [4.78, 5) is 15.7. The first-order valence-electron chi connectivity index (χ1n) is 7.64. The van der Waals surface area contributed by atoms with Gasteiger partial charge >= 0.3 is 0 Å². The summed E-state index contributed by atoms with van der Waals surface area (Å²) >= 11 is 0. The summed E-state index contributed by atoms with van der Waals surface area (Å²) in [5.41, 5.74) is 5.90. The van der Waals surface area contributed by atoms with Gasteiger partial charge in [-0.3, -0.25) is 0 Å². The van der Waals surface area contributed by atoms with Crippen LogP contribution in [0.3, 0.4) is 0 Å². The molecule has 2 atom stereocenters. The zero-order valence-corrected chi connectivity index (χ0v) is 11.7. The third kappa shape index (κ3) is 2.12. The van der Waals surface area contributed by atoms with Crippen LogP contribution in [0.25, 0.3) is 0 Å². The molecule has 1 saturated carbocycles. The molecule has 4 rings (SSSR count). The van der Waals surface area contributed by atoms with Gasteiger partial charge in [0.15, 0.2) is 0 Å². The van der Waals surface area contributed by atoms with Crippen LogP contribution in [0, 0.1) is 11.8 Å². The number of nitrogens with zero attached hydrogens (tertiary/aromatic N) is 4. The van der Waals surface area contributed by atoms with E-state index in [2.05, 4.69) is 14.9 Å². The van der Waals surface area contributed by atoms with Crippen molar-refractivity contribution in [2.24, 2.45) is 11.8 Å². The highest BCUT2D eigenvalue weighted by molar-refractivity contribution is 5.37. The molecule has 0 aromatic carbocycles. The number of nitrogens with two attached hydrogens (primary N) is 1. The molecule has 0 amide bonds. The Morgan fingerprint density at radius 2 is 1.70 bits per heavy atom. The highest BCUT2D eigenvalue weighted by atomic mass is 16.5. The number of anilines is 2. The highest BCUT2D eigenvalue weighted by Gasteiger charge is 2.38. The van der Waals surface area contributed by atoms with E-state index in [9.17, 15) is 0 Å². The summed E-state index contributed by atoms with van der Waals surface area (Å²) in [5, 5.41) is 0. The van der Waals surface area contributed by atoms with E-state index in [0.29, 0.717) is 23.7 Å². The second-order valence-corrected chi connectivity index (χ2v) is 6.30. The van der Waals surface area contributed by atoms with Crippen LogP contribution in [0.5, 0.6) is 0 Å². The van der Waals surface area contributed by atoms with Crippen LogP contribution in [-0.4, -0.2) is 41.3 Å². The van der Waals surface area contributed by atoms with Gasteiger partial charge in [0, 0.05) is 30.8 Å². The van der Waals surface area contributed by atoms with E-state index in [4.69, 9.17) is 15.5 Å². The zero-order chi connectivity index (χ0) is 13.5. The molecule has 0 radical (unpaired) electrons. The summed E-state index contributed by atoms with van der Waals surface area (Å²) in [6.45, 7) is 3.71. The monoisotopic (exact) mass is 275 g/mol. The van der Waals surface area contributed by atoms with Crippen molar-refractivity contribution in [1.29, 1.82) is 0 Å². The van der Waals surface area contributed by atoms with Crippen LogP contribution in [-0.2, 0) is 4.74 Å². The predicted octanol–water partition coefficient (Wildman–Crippen LogP) is 1.19. The third-order valence-corrected chi connectivity index (χ3v) is 4.90. The van der Waals surface area contributed by atoms with Gasteiger partial charge in [0.05, 0.1) is 13.2 Å². The van der Waals surface area contributed by atoms with Gasteiger partial charge in [-0.1, -0.05) is 12.8 Å². The molecule has 1 aliphatic carbocycles. The minimum atomic E-state index is 0.366. The van der Waals surface area contributed by atoms with Crippen LogP contribution in [0.1, 0.15) is 37.4 Å². The smallest absolute Gasteiger partial charge is 0.230 e. The molecular formula is C14H21N5O. The average molecular weight is 275 g/mol. The Balaban J connectivity index is 1.58. The van der Waals surface area contributed by atoms with E-state index in [0.717, 1.165) is 38.1 Å². The Morgan fingerprint density at radius 1 is 1.00 bits per heavy atom. The van der Waals surface area contributed by atoms with E-state index in [1.54, 1.807) is 0 Å². The van der Waals surface area contributed by atoms with E-state index >= 15 is 0 Å². The topological polar surface area (TPSA) is 77.2 Å². The molecule has 2 aliphatic heterocycles. The lowest BCUT2D eigenvalue weighted by molar-refractivity contribution is 0.177. The zero-order valence-electron chi connectivity index (χ0n) is 11.7. The lowest BCUT2D eigenvalue weighted by atomic mass is 10.0. The fourth-order valence-corrected chi connectivity index (χ4v) is 3.76. The summed E-state index contributed by atoms with van der Waals surface area (Å²) in [7, 11) is 0. The molecule has 2 saturated heterocycles. The number of ether oxygens (including phenoxy) is 1. The number of hydrogen-bond acceptors (Lipinski definition) is 6. The Morgan fingerprint density at radius 3 is 2.40 bits per heavy atom. The average Bonchev–Trinajstić information content (AvgIpc) is 3.14. The summed E-state index contributed by atoms with van der Waals surface area (Å²) in [5.74, 6) is 3.77. The Kier molecular flexibility index (Phi) is 2.98. The van der Waals surface area contributed by atoms with E-state index < -0.39 is 0 Å². The molecule has 1 aromatic heterocycles. The molecule has 0 bridgehead atoms. The van der Waals surface area contributed by atoms with Crippen molar-refractivity contribution in [1.82, 2.24) is 15.0 Å². The number of aromatic nitrogens is 3. The van der Waals surface area contributed by atoms with Gasteiger partial charge in [-0.2, -0.15) is 15.0 Å². The van der Waals surface area contributed by atoms with E-state index in [1.807, 2.05) is 0 Å². The third-order valence-electron chi connectivity index (χ3n) is 4.90. The maximum Gasteiger partial charge on any atom is 0.230 e. The molecule has 3 heterocycles. The van der Waals surface area contributed by atoms with E-state index in [-0.39, 0.29) is 0 Å². The molecule has 6 heteroatoms. The molecular weight excluding hydrogens is 254 g/mol. The molecule has 3 aliphatic rings. The lowest BCUT2D eigenvalue weighted by Gasteiger charge is -2.19. The Labute approximate surface area is 118 Å². The molecule has 0 unspecified atom stereocenters. The second kappa shape index (κ2) is 4.84. The Bertz CT molecular complexity index is 490. The maximum atomic E-state index is 5.90. The van der Waals surface area contributed by atoms with Crippen LogP contribution in [0.2, 0.25) is 0 Å². The number of nitrogen functional groups attached to an aromatic ring is 1. The maximum absolute atomic E-state index is 5.90. The molecule has 1 aromatic rings. The van der Waals surface area contributed by atoms with Crippen LogP contribution < -0.4 is 10.6 Å². The normalized spacial score (nSPS) is 30.1. The highest BCUT2D eigenvalue weighted by Crippen LogP contribution is 2.34. The van der Waals surface area contributed by atoms with Gasteiger partial charge in [0.1, 0.15) is 5.82 Å². The van der Waals surface area contributed by atoms with Crippen molar-refractivity contribution in [2.45, 2.75) is 31.6 Å². The number of hydrogen-bond donors (Lipinski definition) is 1. The molecule has 6 nitrogen and oxygen atoms in total. The van der Waals surface area contributed by atoms with Gasteiger partial charge in [-0.05, 0) is 12.8 Å². The molecule has 0 spiro atoms.